The second kappa shape index (κ2) is 5.27. The van der Waals surface area contributed by atoms with Gasteiger partial charge in [-0.05, 0) is 43.6 Å². The molecule has 0 radical (unpaired) electrons. The second-order valence-electron chi connectivity index (χ2n) is 5.21. The maximum Gasteiger partial charge on any atom is 0.161 e. The van der Waals surface area contributed by atoms with Gasteiger partial charge in [-0.2, -0.15) is 0 Å². The Morgan fingerprint density at radius 3 is 3.11 bits per heavy atom. The molecule has 5 heteroatoms. The number of pyridine rings is 1. The van der Waals surface area contributed by atoms with Crippen molar-refractivity contribution in [2.45, 2.75) is 38.8 Å². The van der Waals surface area contributed by atoms with E-state index >= 15 is 0 Å². The van der Waals surface area contributed by atoms with E-state index in [4.69, 9.17) is 5.73 Å². The van der Waals surface area contributed by atoms with E-state index in [-0.39, 0.29) is 0 Å². The van der Waals surface area contributed by atoms with Crippen LogP contribution in [0.2, 0.25) is 0 Å². The fraction of sp³-hybridized carbons (Fsp3) is 0.571. The first-order valence-electron chi connectivity index (χ1n) is 7.08. The summed E-state index contributed by atoms with van der Waals surface area (Å²) in [5.74, 6) is 1.06. The van der Waals surface area contributed by atoms with Crippen molar-refractivity contribution < 1.29 is 0 Å². The summed E-state index contributed by atoms with van der Waals surface area (Å²) in [6.07, 6.45) is 5.59. The monoisotopic (exact) mass is 259 g/mol. The van der Waals surface area contributed by atoms with Gasteiger partial charge in [0, 0.05) is 25.2 Å². The molecular weight excluding hydrogens is 238 g/mol. The molecule has 1 aliphatic heterocycles. The van der Waals surface area contributed by atoms with Gasteiger partial charge in [-0.3, -0.25) is 4.40 Å². The summed E-state index contributed by atoms with van der Waals surface area (Å²) in [6, 6.07) is 4.68. The molecule has 0 saturated carbocycles. The van der Waals surface area contributed by atoms with Gasteiger partial charge < -0.3 is 10.6 Å². The molecule has 0 spiro atoms. The topological polar surface area (TPSA) is 59.5 Å². The van der Waals surface area contributed by atoms with Crippen molar-refractivity contribution in [1.82, 2.24) is 19.5 Å². The van der Waals surface area contributed by atoms with Gasteiger partial charge in [0.05, 0.1) is 0 Å². The van der Waals surface area contributed by atoms with Gasteiger partial charge >= 0.3 is 0 Å². The lowest BCUT2D eigenvalue weighted by Gasteiger charge is -2.21. The summed E-state index contributed by atoms with van der Waals surface area (Å²) in [6.45, 7) is 5.12. The quantitative estimate of drug-likeness (QED) is 0.896. The zero-order valence-electron chi connectivity index (χ0n) is 11.4. The largest absolute Gasteiger partial charge is 0.326 e. The van der Waals surface area contributed by atoms with E-state index in [1.165, 1.54) is 19.4 Å². The van der Waals surface area contributed by atoms with Crippen LogP contribution in [0.1, 0.15) is 31.2 Å². The molecule has 1 unspecified atom stereocenters. The van der Waals surface area contributed by atoms with Crippen LogP contribution in [0.3, 0.4) is 0 Å². The van der Waals surface area contributed by atoms with Crippen LogP contribution < -0.4 is 5.73 Å². The molecule has 0 bridgehead atoms. The molecule has 3 rings (SSSR count). The van der Waals surface area contributed by atoms with Crippen LogP contribution in [-0.2, 0) is 13.0 Å². The number of likely N-dealkylation sites (tertiary alicyclic amines) is 1. The Bertz CT molecular complexity index is 562. The Labute approximate surface area is 113 Å². The summed E-state index contributed by atoms with van der Waals surface area (Å²) in [7, 11) is 0. The minimum Gasteiger partial charge on any atom is -0.326 e. The highest BCUT2D eigenvalue weighted by Crippen LogP contribution is 2.20. The fourth-order valence-electron chi connectivity index (χ4n) is 3.00. The number of likely N-dealkylation sites (N-methyl/N-ethyl adjacent to an activating group) is 1. The molecule has 1 fully saturated rings. The van der Waals surface area contributed by atoms with Crippen molar-refractivity contribution >= 4 is 5.65 Å². The van der Waals surface area contributed by atoms with Crippen LogP contribution in [0.25, 0.3) is 5.65 Å². The van der Waals surface area contributed by atoms with Crippen LogP contribution in [0.5, 0.6) is 0 Å². The Balaban J connectivity index is 1.85. The summed E-state index contributed by atoms with van der Waals surface area (Å²) in [5, 5.41) is 8.61. The highest BCUT2D eigenvalue weighted by molar-refractivity contribution is 5.41. The molecule has 1 saturated heterocycles. The Morgan fingerprint density at radius 2 is 2.32 bits per heavy atom. The molecule has 3 heterocycles. The predicted molar refractivity (Wildman–Crippen MR) is 74.9 cm³/mol. The van der Waals surface area contributed by atoms with Crippen molar-refractivity contribution in [2.75, 3.05) is 13.1 Å². The number of hydrogen-bond donors (Lipinski definition) is 1. The average molecular weight is 259 g/mol. The third-order valence-corrected chi connectivity index (χ3v) is 4.10. The van der Waals surface area contributed by atoms with Crippen molar-refractivity contribution in [3.05, 3.63) is 29.7 Å². The van der Waals surface area contributed by atoms with Crippen molar-refractivity contribution in [1.29, 1.82) is 0 Å². The van der Waals surface area contributed by atoms with Gasteiger partial charge in [-0.25, -0.2) is 0 Å². The maximum absolute atomic E-state index is 5.65. The van der Waals surface area contributed by atoms with Gasteiger partial charge in [-0.1, -0.05) is 6.92 Å². The molecule has 0 aromatic carbocycles. The third kappa shape index (κ3) is 2.35. The number of aromatic nitrogens is 3. The smallest absolute Gasteiger partial charge is 0.161 e. The number of nitrogens with two attached hydrogens (primary N) is 1. The Hall–Kier alpha value is -1.46. The lowest BCUT2D eigenvalue weighted by molar-refractivity contribution is 0.263. The van der Waals surface area contributed by atoms with Crippen LogP contribution in [0, 0.1) is 0 Å². The zero-order chi connectivity index (χ0) is 13.2. The average Bonchev–Trinajstić information content (AvgIpc) is 3.05. The van der Waals surface area contributed by atoms with E-state index in [1.54, 1.807) is 0 Å². The molecule has 19 heavy (non-hydrogen) atoms. The molecular formula is C14H21N5. The van der Waals surface area contributed by atoms with E-state index in [0.29, 0.717) is 12.6 Å². The Morgan fingerprint density at radius 1 is 1.42 bits per heavy atom. The van der Waals surface area contributed by atoms with Gasteiger partial charge in [0.25, 0.3) is 0 Å². The third-order valence-electron chi connectivity index (χ3n) is 4.10. The Kier molecular flexibility index (Phi) is 3.48. The van der Waals surface area contributed by atoms with E-state index in [2.05, 4.69) is 26.4 Å². The minimum atomic E-state index is 0.547. The number of nitrogens with zero attached hydrogens (tertiary/aromatic N) is 4. The van der Waals surface area contributed by atoms with E-state index < -0.39 is 0 Å². The molecule has 5 nitrogen and oxygen atoms in total. The fourth-order valence-corrected chi connectivity index (χ4v) is 3.00. The molecule has 1 aliphatic rings. The van der Waals surface area contributed by atoms with Crippen molar-refractivity contribution in [3.8, 4) is 0 Å². The van der Waals surface area contributed by atoms with Crippen LogP contribution in [0.4, 0.5) is 0 Å². The first kappa shape index (κ1) is 12.6. The van der Waals surface area contributed by atoms with Gasteiger partial charge in [0.2, 0.25) is 0 Å². The highest BCUT2D eigenvalue weighted by atomic mass is 15.3. The van der Waals surface area contributed by atoms with E-state index in [0.717, 1.165) is 30.0 Å². The second-order valence-corrected chi connectivity index (χ2v) is 5.21. The van der Waals surface area contributed by atoms with Gasteiger partial charge in [-0.15, -0.1) is 10.2 Å². The first-order chi connectivity index (χ1) is 9.31. The molecule has 0 aliphatic carbocycles. The van der Waals surface area contributed by atoms with E-state index in [9.17, 15) is 0 Å². The summed E-state index contributed by atoms with van der Waals surface area (Å²) >= 11 is 0. The highest BCUT2D eigenvalue weighted by Gasteiger charge is 2.24. The summed E-state index contributed by atoms with van der Waals surface area (Å²) in [4.78, 5) is 2.54. The standard InChI is InChI=1S/C14H21N5/c1-2-18-6-3-4-12(18)9-14-17-16-13-8-11(10-15)5-7-19(13)14/h5,7-8,12H,2-4,6,9-10,15H2,1H3. The van der Waals surface area contributed by atoms with Crippen LogP contribution in [-0.4, -0.2) is 38.6 Å². The summed E-state index contributed by atoms with van der Waals surface area (Å²) < 4.78 is 2.09. The first-order valence-corrected chi connectivity index (χ1v) is 7.08. The van der Waals surface area contributed by atoms with Crippen molar-refractivity contribution in [2.24, 2.45) is 5.73 Å². The lowest BCUT2D eigenvalue weighted by atomic mass is 10.1. The number of fused-ring (bicyclic) bond motifs is 1. The van der Waals surface area contributed by atoms with Crippen LogP contribution in [0.15, 0.2) is 18.3 Å². The van der Waals surface area contributed by atoms with E-state index in [1.807, 2.05) is 18.3 Å². The molecule has 1 atom stereocenters. The molecule has 2 N–H and O–H groups in total. The van der Waals surface area contributed by atoms with Crippen LogP contribution >= 0.6 is 0 Å². The van der Waals surface area contributed by atoms with Crippen molar-refractivity contribution in [3.63, 3.8) is 0 Å². The van der Waals surface area contributed by atoms with Gasteiger partial charge in [0.15, 0.2) is 5.65 Å². The number of hydrogen-bond acceptors (Lipinski definition) is 4. The molecule has 2 aromatic rings. The zero-order valence-corrected chi connectivity index (χ0v) is 11.4. The molecule has 102 valence electrons. The van der Waals surface area contributed by atoms with Gasteiger partial charge in [0.1, 0.15) is 5.82 Å². The number of rotatable bonds is 4. The lowest BCUT2D eigenvalue weighted by Crippen LogP contribution is -2.31. The SMILES string of the molecule is CCN1CCCC1Cc1nnc2cc(CN)ccn12. The molecule has 2 aromatic heterocycles. The minimum absolute atomic E-state index is 0.547. The molecule has 0 amide bonds. The predicted octanol–water partition coefficient (Wildman–Crippen LogP) is 1.21. The normalized spacial score (nSPS) is 20.4. The summed E-state index contributed by atoms with van der Waals surface area (Å²) in [5.41, 5.74) is 7.65. The maximum atomic E-state index is 5.65.